The number of benzene rings is 1. The Hall–Kier alpha value is -1.55. The molecule has 0 aliphatic carbocycles. The number of aryl methyl sites for hydroxylation is 1. The van der Waals surface area contributed by atoms with Crippen molar-refractivity contribution in [1.82, 2.24) is 9.55 Å². The van der Waals surface area contributed by atoms with Gasteiger partial charge in [0.05, 0.1) is 11.0 Å². The van der Waals surface area contributed by atoms with Crippen molar-refractivity contribution < 1.29 is 9.90 Å². The van der Waals surface area contributed by atoms with Gasteiger partial charge in [-0.05, 0) is 24.6 Å². The molecule has 0 aliphatic rings. The number of carbonyl (C=O) groups is 1. The van der Waals surface area contributed by atoms with E-state index in [-0.39, 0.29) is 6.42 Å². The second-order valence-corrected chi connectivity index (χ2v) is 5.38. The molecule has 0 amide bonds. The number of halogens is 1. The third-order valence-corrected chi connectivity index (χ3v) is 3.57. The first kappa shape index (κ1) is 14.9. The highest BCUT2D eigenvalue weighted by molar-refractivity contribution is 6.31. The lowest BCUT2D eigenvalue weighted by atomic mass is 10.2. The average Bonchev–Trinajstić information content (AvgIpc) is 2.70. The molecule has 4 nitrogen and oxygen atoms in total. The largest absolute Gasteiger partial charge is 0.481 e. The molecule has 2 rings (SSSR count). The standard InChI is InChI=1S/C15H19ClN2O2/c1-2-3-4-5-8-18-13-7-6-11(16)9-12(13)17-14(18)10-15(19)20/h6-7,9H,2-5,8,10H2,1H3,(H,19,20). The molecule has 0 fully saturated rings. The van der Waals surface area contributed by atoms with Gasteiger partial charge in [-0.3, -0.25) is 4.79 Å². The highest BCUT2D eigenvalue weighted by Crippen LogP contribution is 2.21. The minimum absolute atomic E-state index is 0.0555. The summed E-state index contributed by atoms with van der Waals surface area (Å²) in [5, 5.41) is 9.62. The maximum absolute atomic E-state index is 11.0. The van der Waals surface area contributed by atoms with Crippen molar-refractivity contribution in [1.29, 1.82) is 0 Å². The Morgan fingerprint density at radius 2 is 2.15 bits per heavy atom. The lowest BCUT2D eigenvalue weighted by Gasteiger charge is -2.08. The number of fused-ring (bicyclic) bond motifs is 1. The van der Waals surface area contributed by atoms with Gasteiger partial charge in [-0.15, -0.1) is 0 Å². The van der Waals surface area contributed by atoms with Crippen molar-refractivity contribution in [2.75, 3.05) is 0 Å². The van der Waals surface area contributed by atoms with E-state index in [0.717, 1.165) is 30.4 Å². The maximum Gasteiger partial charge on any atom is 0.311 e. The lowest BCUT2D eigenvalue weighted by Crippen LogP contribution is -2.09. The van der Waals surface area contributed by atoms with Crippen molar-refractivity contribution in [3.8, 4) is 0 Å². The summed E-state index contributed by atoms with van der Waals surface area (Å²) in [6, 6.07) is 5.51. The second-order valence-electron chi connectivity index (χ2n) is 4.94. The Kier molecular flexibility index (Phi) is 5.01. The van der Waals surface area contributed by atoms with Crippen LogP contribution in [0, 0.1) is 0 Å². The zero-order chi connectivity index (χ0) is 14.5. The van der Waals surface area contributed by atoms with E-state index in [1.807, 2.05) is 16.7 Å². The summed E-state index contributed by atoms with van der Waals surface area (Å²) in [7, 11) is 0. The number of carboxylic acids is 1. The van der Waals surface area contributed by atoms with E-state index in [2.05, 4.69) is 11.9 Å². The molecular formula is C15H19ClN2O2. The van der Waals surface area contributed by atoms with Gasteiger partial charge < -0.3 is 9.67 Å². The fourth-order valence-corrected chi connectivity index (χ4v) is 2.54. The van der Waals surface area contributed by atoms with E-state index in [4.69, 9.17) is 16.7 Å². The van der Waals surface area contributed by atoms with Gasteiger partial charge in [-0.25, -0.2) is 4.98 Å². The summed E-state index contributed by atoms with van der Waals surface area (Å²) in [4.78, 5) is 15.4. The molecule has 20 heavy (non-hydrogen) atoms. The summed E-state index contributed by atoms with van der Waals surface area (Å²) in [5.41, 5.74) is 1.73. The normalized spacial score (nSPS) is 11.1. The van der Waals surface area contributed by atoms with Crippen LogP contribution in [0.2, 0.25) is 5.02 Å². The van der Waals surface area contributed by atoms with E-state index in [1.165, 1.54) is 12.8 Å². The molecule has 1 aromatic carbocycles. The van der Waals surface area contributed by atoms with Crippen LogP contribution in [0.4, 0.5) is 0 Å². The SMILES string of the molecule is CCCCCCn1c(CC(=O)O)nc2cc(Cl)ccc21. The fraction of sp³-hybridized carbons (Fsp3) is 0.467. The molecule has 2 aromatic rings. The third-order valence-electron chi connectivity index (χ3n) is 3.33. The number of nitrogens with zero attached hydrogens (tertiary/aromatic N) is 2. The monoisotopic (exact) mass is 294 g/mol. The maximum atomic E-state index is 11.0. The molecule has 1 heterocycles. The molecule has 108 valence electrons. The molecule has 1 aromatic heterocycles. The minimum atomic E-state index is -0.860. The lowest BCUT2D eigenvalue weighted by molar-refractivity contribution is -0.136. The van der Waals surface area contributed by atoms with Crippen LogP contribution in [-0.2, 0) is 17.8 Å². The molecule has 1 N–H and O–H groups in total. The van der Waals surface area contributed by atoms with E-state index < -0.39 is 5.97 Å². The number of carboxylic acid groups (broad SMARTS) is 1. The first-order valence-corrected chi connectivity index (χ1v) is 7.36. The molecule has 0 unspecified atom stereocenters. The first-order valence-electron chi connectivity index (χ1n) is 6.98. The van der Waals surface area contributed by atoms with Gasteiger partial charge in [0.2, 0.25) is 0 Å². The number of aromatic nitrogens is 2. The van der Waals surface area contributed by atoms with Gasteiger partial charge in [-0.1, -0.05) is 37.8 Å². The van der Waals surface area contributed by atoms with Crippen molar-refractivity contribution in [3.05, 3.63) is 29.0 Å². The average molecular weight is 295 g/mol. The number of hydrogen-bond acceptors (Lipinski definition) is 2. The summed E-state index contributed by atoms with van der Waals surface area (Å²) < 4.78 is 2.01. The number of imidazole rings is 1. The molecule has 0 bridgehead atoms. The Balaban J connectivity index is 2.29. The van der Waals surface area contributed by atoms with Gasteiger partial charge in [-0.2, -0.15) is 0 Å². The number of unbranched alkanes of at least 4 members (excludes halogenated alkanes) is 3. The van der Waals surface area contributed by atoms with Gasteiger partial charge in [0, 0.05) is 11.6 Å². The Bertz CT molecular complexity index is 607. The van der Waals surface area contributed by atoms with Crippen LogP contribution in [0.5, 0.6) is 0 Å². The molecule has 0 spiro atoms. The van der Waals surface area contributed by atoms with Crippen LogP contribution in [0.15, 0.2) is 18.2 Å². The number of rotatable bonds is 7. The number of aliphatic carboxylic acids is 1. The predicted molar refractivity (Wildman–Crippen MR) is 80.2 cm³/mol. The fourth-order valence-electron chi connectivity index (χ4n) is 2.37. The van der Waals surface area contributed by atoms with Crippen LogP contribution in [-0.4, -0.2) is 20.6 Å². The summed E-state index contributed by atoms with van der Waals surface area (Å²) in [6.07, 6.45) is 4.51. The van der Waals surface area contributed by atoms with Crippen molar-refractivity contribution in [2.45, 2.75) is 45.6 Å². The number of hydrogen-bond donors (Lipinski definition) is 1. The Morgan fingerprint density at radius 3 is 2.85 bits per heavy atom. The van der Waals surface area contributed by atoms with E-state index in [9.17, 15) is 4.79 Å². The van der Waals surface area contributed by atoms with Crippen LogP contribution >= 0.6 is 11.6 Å². The van der Waals surface area contributed by atoms with E-state index in [1.54, 1.807) is 6.07 Å². The molecule has 5 heteroatoms. The molecule has 0 radical (unpaired) electrons. The molecule has 0 saturated heterocycles. The quantitative estimate of drug-likeness (QED) is 0.788. The second kappa shape index (κ2) is 6.75. The molecular weight excluding hydrogens is 276 g/mol. The van der Waals surface area contributed by atoms with Crippen LogP contribution in [0.3, 0.4) is 0 Å². The summed E-state index contributed by atoms with van der Waals surface area (Å²) in [6.45, 7) is 2.98. The van der Waals surface area contributed by atoms with Crippen LogP contribution in [0.1, 0.15) is 38.4 Å². The Morgan fingerprint density at radius 1 is 1.35 bits per heavy atom. The molecule has 0 saturated carbocycles. The molecule has 0 aliphatic heterocycles. The topological polar surface area (TPSA) is 55.1 Å². The van der Waals surface area contributed by atoms with Crippen molar-refractivity contribution in [3.63, 3.8) is 0 Å². The Labute approximate surface area is 123 Å². The minimum Gasteiger partial charge on any atom is -0.481 e. The van der Waals surface area contributed by atoms with Gasteiger partial charge in [0.25, 0.3) is 0 Å². The van der Waals surface area contributed by atoms with Crippen molar-refractivity contribution in [2.24, 2.45) is 0 Å². The zero-order valence-corrected chi connectivity index (χ0v) is 12.4. The van der Waals surface area contributed by atoms with Gasteiger partial charge in [0.1, 0.15) is 12.2 Å². The van der Waals surface area contributed by atoms with Crippen molar-refractivity contribution >= 4 is 28.6 Å². The first-order chi connectivity index (χ1) is 9.61. The van der Waals surface area contributed by atoms with Crippen LogP contribution in [0.25, 0.3) is 11.0 Å². The predicted octanol–water partition coefficient (Wildman–Crippen LogP) is 3.90. The third kappa shape index (κ3) is 3.51. The van der Waals surface area contributed by atoms with Gasteiger partial charge >= 0.3 is 5.97 Å². The van der Waals surface area contributed by atoms with Gasteiger partial charge in [0.15, 0.2) is 0 Å². The molecule has 0 atom stereocenters. The van der Waals surface area contributed by atoms with Crippen LogP contribution < -0.4 is 0 Å². The smallest absolute Gasteiger partial charge is 0.311 e. The zero-order valence-electron chi connectivity index (χ0n) is 11.6. The van der Waals surface area contributed by atoms with E-state index in [0.29, 0.717) is 10.8 Å². The van der Waals surface area contributed by atoms with E-state index >= 15 is 0 Å². The highest BCUT2D eigenvalue weighted by Gasteiger charge is 2.13. The highest BCUT2D eigenvalue weighted by atomic mass is 35.5. The summed E-state index contributed by atoms with van der Waals surface area (Å²) >= 11 is 5.97. The summed E-state index contributed by atoms with van der Waals surface area (Å²) in [5.74, 6) is -0.257.